The summed E-state index contributed by atoms with van der Waals surface area (Å²) < 4.78 is 19.5. The minimum absolute atomic E-state index is 0.223. The molecule has 0 atom stereocenters. The molecule has 6 heteroatoms. The first-order valence-electron chi connectivity index (χ1n) is 9.10. The lowest BCUT2D eigenvalue weighted by molar-refractivity contribution is 0.0697. The zero-order valence-electron chi connectivity index (χ0n) is 15.1. The Labute approximate surface area is 160 Å². The summed E-state index contributed by atoms with van der Waals surface area (Å²) in [5, 5.41) is 10.7. The molecular weight excluding hydrogens is 359 g/mol. The van der Waals surface area contributed by atoms with Crippen molar-refractivity contribution in [1.29, 1.82) is 0 Å². The van der Waals surface area contributed by atoms with Crippen LogP contribution in [0.4, 0.5) is 10.1 Å². The topological polar surface area (TPSA) is 66.6 Å². The first-order chi connectivity index (χ1) is 13.5. The zero-order chi connectivity index (χ0) is 19.4. The standard InChI is InChI=1S/C22H17FN2O3/c1-25(16-4-5-16)18-10-13-8-12(22(26)27)2-6-17(13)24-21(18)20-11-14-9-15(23)3-7-19(14)28-20/h2-3,6-11,16H,4-5H2,1H3,(H,26,27). The summed E-state index contributed by atoms with van der Waals surface area (Å²) in [6, 6.07) is 13.5. The number of carboxylic acids is 1. The summed E-state index contributed by atoms with van der Waals surface area (Å²) in [7, 11) is 2.01. The van der Waals surface area contributed by atoms with Crippen molar-refractivity contribution in [2.24, 2.45) is 0 Å². The lowest BCUT2D eigenvalue weighted by atomic mass is 10.1. The second kappa shape index (κ2) is 6.05. The van der Waals surface area contributed by atoms with Crippen molar-refractivity contribution < 1.29 is 18.7 Å². The number of aromatic nitrogens is 1. The number of aromatic carboxylic acids is 1. The SMILES string of the molecule is CN(c1cc2cc(C(=O)O)ccc2nc1-c1cc2cc(F)ccc2o1)C1CC1. The molecule has 0 saturated heterocycles. The zero-order valence-corrected chi connectivity index (χ0v) is 15.1. The van der Waals surface area contributed by atoms with Crippen LogP contribution in [-0.2, 0) is 0 Å². The summed E-state index contributed by atoms with van der Waals surface area (Å²) in [5.74, 6) is -0.725. The van der Waals surface area contributed by atoms with Gasteiger partial charge in [-0.1, -0.05) is 0 Å². The number of nitrogens with zero attached hydrogens (tertiary/aromatic N) is 2. The average molecular weight is 376 g/mol. The second-order valence-corrected chi connectivity index (χ2v) is 7.20. The number of benzene rings is 2. The molecule has 2 aromatic heterocycles. The Balaban J connectivity index is 1.73. The highest BCUT2D eigenvalue weighted by Crippen LogP contribution is 2.39. The minimum atomic E-state index is -0.970. The summed E-state index contributed by atoms with van der Waals surface area (Å²) >= 11 is 0. The van der Waals surface area contributed by atoms with E-state index in [1.54, 1.807) is 30.3 Å². The van der Waals surface area contributed by atoms with Crippen LogP contribution in [0.5, 0.6) is 0 Å². The van der Waals surface area contributed by atoms with Crippen LogP contribution in [0.1, 0.15) is 23.2 Å². The van der Waals surface area contributed by atoms with Gasteiger partial charge in [0.2, 0.25) is 0 Å². The van der Waals surface area contributed by atoms with Gasteiger partial charge in [-0.2, -0.15) is 0 Å². The molecule has 2 aromatic carbocycles. The molecule has 28 heavy (non-hydrogen) atoms. The quantitative estimate of drug-likeness (QED) is 0.538. The van der Waals surface area contributed by atoms with Crippen LogP contribution >= 0.6 is 0 Å². The third-order valence-electron chi connectivity index (χ3n) is 5.23. The molecule has 1 fully saturated rings. The Hall–Kier alpha value is -3.41. The number of halogens is 1. The molecule has 1 N–H and O–H groups in total. The molecule has 0 aliphatic heterocycles. The molecule has 0 bridgehead atoms. The largest absolute Gasteiger partial charge is 0.478 e. The maximum absolute atomic E-state index is 13.6. The van der Waals surface area contributed by atoms with E-state index >= 15 is 0 Å². The average Bonchev–Trinajstić information content (AvgIpc) is 3.45. The van der Waals surface area contributed by atoms with Crippen LogP contribution in [0.2, 0.25) is 0 Å². The van der Waals surface area contributed by atoms with Gasteiger partial charge in [-0.25, -0.2) is 14.2 Å². The number of fused-ring (bicyclic) bond motifs is 2. The number of hydrogen-bond donors (Lipinski definition) is 1. The Morgan fingerprint density at radius 1 is 1.14 bits per heavy atom. The predicted octanol–water partition coefficient (Wildman–Crippen LogP) is 5.08. The van der Waals surface area contributed by atoms with E-state index in [1.165, 1.54) is 12.1 Å². The fourth-order valence-corrected chi connectivity index (χ4v) is 3.54. The predicted molar refractivity (Wildman–Crippen MR) is 105 cm³/mol. The van der Waals surface area contributed by atoms with Crippen LogP contribution in [0.15, 0.2) is 52.9 Å². The maximum Gasteiger partial charge on any atom is 0.335 e. The molecule has 2 heterocycles. The Kier molecular flexibility index (Phi) is 3.62. The number of rotatable bonds is 4. The van der Waals surface area contributed by atoms with Crippen LogP contribution in [0.25, 0.3) is 33.3 Å². The smallest absolute Gasteiger partial charge is 0.335 e. The van der Waals surface area contributed by atoms with E-state index in [1.807, 2.05) is 13.1 Å². The van der Waals surface area contributed by atoms with Gasteiger partial charge in [-0.15, -0.1) is 0 Å². The van der Waals surface area contributed by atoms with Crippen molar-refractivity contribution in [2.75, 3.05) is 11.9 Å². The van der Waals surface area contributed by atoms with Gasteiger partial charge in [-0.05, 0) is 61.4 Å². The van der Waals surface area contributed by atoms with Crippen molar-refractivity contribution in [3.8, 4) is 11.5 Å². The van der Waals surface area contributed by atoms with E-state index < -0.39 is 5.97 Å². The molecule has 0 radical (unpaired) electrons. The Bertz CT molecular complexity index is 1240. The molecule has 5 nitrogen and oxygen atoms in total. The highest BCUT2D eigenvalue weighted by Gasteiger charge is 2.29. The van der Waals surface area contributed by atoms with E-state index in [9.17, 15) is 14.3 Å². The maximum atomic E-state index is 13.6. The lowest BCUT2D eigenvalue weighted by Gasteiger charge is -2.21. The summed E-state index contributed by atoms with van der Waals surface area (Å²) in [5.41, 5.74) is 3.04. The van der Waals surface area contributed by atoms with Crippen molar-refractivity contribution in [3.05, 3.63) is 59.9 Å². The Morgan fingerprint density at radius 3 is 2.71 bits per heavy atom. The first kappa shape index (κ1) is 16.7. The van der Waals surface area contributed by atoms with Crippen molar-refractivity contribution >= 4 is 33.5 Å². The second-order valence-electron chi connectivity index (χ2n) is 7.20. The first-order valence-corrected chi connectivity index (χ1v) is 9.10. The van der Waals surface area contributed by atoms with Gasteiger partial charge in [0.1, 0.15) is 17.1 Å². The van der Waals surface area contributed by atoms with Gasteiger partial charge in [0.25, 0.3) is 0 Å². The fraction of sp³-hybridized carbons (Fsp3) is 0.182. The van der Waals surface area contributed by atoms with E-state index in [-0.39, 0.29) is 11.4 Å². The van der Waals surface area contributed by atoms with E-state index in [2.05, 4.69) is 4.90 Å². The highest BCUT2D eigenvalue weighted by molar-refractivity contribution is 5.96. The van der Waals surface area contributed by atoms with E-state index in [0.717, 1.165) is 23.9 Å². The molecule has 0 spiro atoms. The fourth-order valence-electron chi connectivity index (χ4n) is 3.54. The molecule has 1 saturated carbocycles. The van der Waals surface area contributed by atoms with Crippen molar-refractivity contribution in [2.45, 2.75) is 18.9 Å². The minimum Gasteiger partial charge on any atom is -0.478 e. The molecule has 0 unspecified atom stereocenters. The summed E-state index contributed by atoms with van der Waals surface area (Å²) in [6.07, 6.45) is 2.21. The number of carboxylic acid groups (broad SMARTS) is 1. The van der Waals surface area contributed by atoms with Crippen molar-refractivity contribution in [3.63, 3.8) is 0 Å². The van der Waals surface area contributed by atoms with Gasteiger partial charge >= 0.3 is 5.97 Å². The molecule has 4 aromatic rings. The number of pyridine rings is 1. The molecule has 0 amide bonds. The summed E-state index contributed by atoms with van der Waals surface area (Å²) in [6.45, 7) is 0. The Morgan fingerprint density at radius 2 is 1.96 bits per heavy atom. The van der Waals surface area contributed by atoms with Gasteiger partial charge in [0, 0.05) is 23.9 Å². The molecular formula is C22H17FN2O3. The highest BCUT2D eigenvalue weighted by atomic mass is 19.1. The summed E-state index contributed by atoms with van der Waals surface area (Å²) in [4.78, 5) is 18.2. The van der Waals surface area contributed by atoms with Crippen molar-refractivity contribution in [1.82, 2.24) is 4.98 Å². The van der Waals surface area contributed by atoms with E-state index in [0.29, 0.717) is 34.0 Å². The molecule has 1 aliphatic rings. The monoisotopic (exact) mass is 376 g/mol. The molecule has 1 aliphatic carbocycles. The molecule has 5 rings (SSSR count). The van der Waals surface area contributed by atoms with Gasteiger partial charge in [0.15, 0.2) is 5.76 Å². The van der Waals surface area contributed by atoms with Gasteiger partial charge in [-0.3, -0.25) is 0 Å². The van der Waals surface area contributed by atoms with Gasteiger partial charge in [0.05, 0.1) is 16.8 Å². The van der Waals surface area contributed by atoms with Crippen LogP contribution in [0, 0.1) is 5.82 Å². The number of carbonyl (C=O) groups is 1. The number of anilines is 1. The van der Waals surface area contributed by atoms with E-state index in [4.69, 9.17) is 9.40 Å². The number of hydrogen-bond acceptors (Lipinski definition) is 4. The molecule has 140 valence electrons. The lowest BCUT2D eigenvalue weighted by Crippen LogP contribution is -2.20. The van der Waals surface area contributed by atoms with Crippen LogP contribution < -0.4 is 4.90 Å². The third-order valence-corrected chi connectivity index (χ3v) is 5.23. The number of furan rings is 1. The third kappa shape index (κ3) is 2.78. The normalized spacial score (nSPS) is 13.9. The van der Waals surface area contributed by atoms with Gasteiger partial charge < -0.3 is 14.4 Å². The van der Waals surface area contributed by atoms with Crippen LogP contribution in [-0.4, -0.2) is 29.1 Å². The van der Waals surface area contributed by atoms with Crippen LogP contribution in [0.3, 0.4) is 0 Å².